The molecule has 0 aromatic carbocycles. The number of hydrogen-bond donors (Lipinski definition) is 3. The molecule has 2 rings (SSSR count). The number of amides is 1. The number of nitrogens with zero attached hydrogens (tertiary/aromatic N) is 3. The zero-order valence-corrected chi connectivity index (χ0v) is 10.2. The van der Waals surface area contributed by atoms with Crippen molar-refractivity contribution < 1.29 is 24.9 Å². The summed E-state index contributed by atoms with van der Waals surface area (Å²) in [5, 5.41) is 31.0. The largest absolute Gasteiger partial charge is 0.477 e. The van der Waals surface area contributed by atoms with Crippen molar-refractivity contribution in [3.8, 4) is 0 Å². The highest BCUT2D eigenvalue weighted by molar-refractivity contribution is 6.02. The van der Waals surface area contributed by atoms with E-state index in [0.717, 1.165) is 6.20 Å². The molecule has 1 unspecified atom stereocenters. The third-order valence-corrected chi connectivity index (χ3v) is 3.07. The van der Waals surface area contributed by atoms with E-state index < -0.39 is 5.97 Å². The fraction of sp³-hybridized carbons (Fsp3) is 0.545. The van der Waals surface area contributed by atoms with Crippen LogP contribution in [0.3, 0.4) is 0 Å². The second-order valence-corrected chi connectivity index (χ2v) is 4.39. The first-order chi connectivity index (χ1) is 9.08. The third-order valence-electron chi connectivity index (χ3n) is 3.07. The monoisotopic (exact) mass is 269 g/mol. The Kier molecular flexibility index (Phi) is 3.82. The maximum Gasteiger partial charge on any atom is 0.341 e. The predicted molar refractivity (Wildman–Crippen MR) is 63.8 cm³/mol. The van der Waals surface area contributed by atoms with Gasteiger partial charge in [0, 0.05) is 25.5 Å². The summed E-state index contributed by atoms with van der Waals surface area (Å²) < 4.78 is 1.29. The van der Waals surface area contributed by atoms with E-state index in [1.807, 2.05) is 0 Å². The van der Waals surface area contributed by atoms with Crippen LogP contribution in [0.5, 0.6) is 0 Å². The van der Waals surface area contributed by atoms with E-state index in [2.05, 4.69) is 5.10 Å². The lowest BCUT2D eigenvalue weighted by Gasteiger charge is -2.18. The molecule has 0 spiro atoms. The Morgan fingerprint density at radius 1 is 1.47 bits per heavy atom. The summed E-state index contributed by atoms with van der Waals surface area (Å²) in [6.07, 6.45) is 1.34. The Bertz CT molecular complexity index is 499. The Hall–Kier alpha value is -1.93. The second kappa shape index (κ2) is 5.37. The van der Waals surface area contributed by atoms with Gasteiger partial charge in [0.2, 0.25) is 5.91 Å². The molecule has 2 heterocycles. The van der Waals surface area contributed by atoms with Crippen LogP contribution in [-0.2, 0) is 11.3 Å². The van der Waals surface area contributed by atoms with Crippen LogP contribution in [0.15, 0.2) is 6.20 Å². The zero-order valence-electron chi connectivity index (χ0n) is 10.2. The summed E-state index contributed by atoms with van der Waals surface area (Å²) in [6.45, 7) is 0.0287. The standard InChI is InChI=1S/C11H15N3O5/c15-2-1-14-10(8(4-12-14)11(18)19)13-5-7(6-16)3-9(13)17/h4,7,15-16H,1-3,5-6H2,(H,18,19). The fourth-order valence-electron chi connectivity index (χ4n) is 2.18. The number of rotatable bonds is 5. The number of carbonyl (C=O) groups excluding carboxylic acids is 1. The Morgan fingerprint density at radius 3 is 2.74 bits per heavy atom. The highest BCUT2D eigenvalue weighted by Gasteiger charge is 2.34. The molecule has 1 saturated heterocycles. The first-order valence-corrected chi connectivity index (χ1v) is 5.89. The molecule has 8 heteroatoms. The van der Waals surface area contributed by atoms with Gasteiger partial charge in [-0.2, -0.15) is 5.10 Å². The van der Waals surface area contributed by atoms with Crippen LogP contribution in [0.25, 0.3) is 0 Å². The molecule has 1 amide bonds. The van der Waals surface area contributed by atoms with Crippen LogP contribution < -0.4 is 4.90 Å². The molecule has 0 aliphatic carbocycles. The van der Waals surface area contributed by atoms with Gasteiger partial charge in [0.15, 0.2) is 0 Å². The molecule has 104 valence electrons. The van der Waals surface area contributed by atoms with Gasteiger partial charge in [-0.15, -0.1) is 0 Å². The molecular formula is C11H15N3O5. The number of aliphatic hydroxyl groups excluding tert-OH is 2. The highest BCUT2D eigenvalue weighted by Crippen LogP contribution is 2.28. The first-order valence-electron chi connectivity index (χ1n) is 5.89. The van der Waals surface area contributed by atoms with E-state index >= 15 is 0 Å². The SMILES string of the molecule is O=C(O)c1cnn(CCO)c1N1CC(CO)CC1=O. The van der Waals surface area contributed by atoms with Crippen molar-refractivity contribution in [3.63, 3.8) is 0 Å². The number of aromatic nitrogens is 2. The second-order valence-electron chi connectivity index (χ2n) is 4.39. The number of carboxylic acids is 1. The van der Waals surface area contributed by atoms with E-state index in [9.17, 15) is 9.59 Å². The van der Waals surface area contributed by atoms with Crippen molar-refractivity contribution >= 4 is 17.7 Å². The summed E-state index contributed by atoms with van der Waals surface area (Å²) in [4.78, 5) is 24.4. The van der Waals surface area contributed by atoms with Crippen LogP contribution >= 0.6 is 0 Å². The molecule has 0 bridgehead atoms. The molecule has 0 radical (unpaired) electrons. The smallest absolute Gasteiger partial charge is 0.341 e. The van der Waals surface area contributed by atoms with E-state index in [4.69, 9.17) is 15.3 Å². The quantitative estimate of drug-likeness (QED) is 0.626. The van der Waals surface area contributed by atoms with Crippen LogP contribution in [-0.4, -0.2) is 56.7 Å². The Balaban J connectivity index is 2.39. The van der Waals surface area contributed by atoms with E-state index in [1.54, 1.807) is 0 Å². The van der Waals surface area contributed by atoms with E-state index in [-0.39, 0.29) is 55.9 Å². The number of aromatic carboxylic acids is 1. The van der Waals surface area contributed by atoms with Crippen LogP contribution in [0.4, 0.5) is 5.82 Å². The van der Waals surface area contributed by atoms with Crippen molar-refractivity contribution in [3.05, 3.63) is 11.8 Å². The molecule has 19 heavy (non-hydrogen) atoms. The summed E-state index contributed by atoms with van der Waals surface area (Å²) in [5.41, 5.74) is -0.0830. The number of carboxylic acid groups (broad SMARTS) is 1. The first kappa shape index (κ1) is 13.5. The average Bonchev–Trinajstić information content (AvgIpc) is 2.93. The van der Waals surface area contributed by atoms with Gasteiger partial charge in [-0.3, -0.25) is 9.69 Å². The number of hydrogen-bond acceptors (Lipinski definition) is 5. The lowest BCUT2D eigenvalue weighted by Crippen LogP contribution is -2.29. The minimum atomic E-state index is -1.18. The highest BCUT2D eigenvalue weighted by atomic mass is 16.4. The Morgan fingerprint density at radius 2 is 2.21 bits per heavy atom. The molecule has 1 atom stereocenters. The van der Waals surface area contributed by atoms with Crippen molar-refractivity contribution in [2.45, 2.75) is 13.0 Å². The minimum Gasteiger partial charge on any atom is -0.477 e. The number of carbonyl (C=O) groups is 2. The predicted octanol–water partition coefficient (Wildman–Crippen LogP) is -1.08. The van der Waals surface area contributed by atoms with E-state index in [1.165, 1.54) is 9.58 Å². The lowest BCUT2D eigenvalue weighted by molar-refractivity contribution is -0.117. The Labute approximate surface area is 108 Å². The van der Waals surface area contributed by atoms with Gasteiger partial charge in [-0.05, 0) is 0 Å². The zero-order chi connectivity index (χ0) is 14.0. The minimum absolute atomic E-state index is 0.0830. The molecular weight excluding hydrogens is 254 g/mol. The molecule has 3 N–H and O–H groups in total. The van der Waals surface area contributed by atoms with Gasteiger partial charge in [0.05, 0.1) is 19.3 Å². The molecule has 1 aliphatic rings. The summed E-state index contributed by atoms with van der Waals surface area (Å²) in [6, 6.07) is 0. The van der Waals surface area contributed by atoms with Gasteiger partial charge in [-0.1, -0.05) is 0 Å². The molecule has 1 fully saturated rings. The topological polar surface area (TPSA) is 116 Å². The van der Waals surface area contributed by atoms with E-state index in [0.29, 0.717) is 0 Å². The maximum absolute atomic E-state index is 11.9. The van der Waals surface area contributed by atoms with Crippen molar-refractivity contribution in [1.29, 1.82) is 0 Å². The molecule has 1 aromatic heterocycles. The fourth-order valence-corrected chi connectivity index (χ4v) is 2.18. The lowest BCUT2D eigenvalue weighted by atomic mass is 10.1. The summed E-state index contributed by atoms with van der Waals surface area (Å²) >= 11 is 0. The number of anilines is 1. The summed E-state index contributed by atoms with van der Waals surface area (Å²) in [7, 11) is 0. The van der Waals surface area contributed by atoms with Gasteiger partial charge < -0.3 is 15.3 Å². The van der Waals surface area contributed by atoms with Crippen molar-refractivity contribution in [2.24, 2.45) is 5.92 Å². The number of aliphatic hydroxyl groups is 2. The summed E-state index contributed by atoms with van der Waals surface area (Å²) in [5.74, 6) is -1.46. The van der Waals surface area contributed by atoms with Crippen molar-refractivity contribution in [2.75, 3.05) is 24.7 Å². The van der Waals surface area contributed by atoms with Crippen LogP contribution in [0.2, 0.25) is 0 Å². The van der Waals surface area contributed by atoms with Gasteiger partial charge in [-0.25, -0.2) is 9.48 Å². The van der Waals surface area contributed by atoms with Crippen molar-refractivity contribution in [1.82, 2.24) is 9.78 Å². The molecule has 8 nitrogen and oxygen atoms in total. The van der Waals surface area contributed by atoms with Crippen LogP contribution in [0, 0.1) is 5.92 Å². The average molecular weight is 269 g/mol. The third kappa shape index (κ3) is 2.45. The van der Waals surface area contributed by atoms with Gasteiger partial charge >= 0.3 is 5.97 Å². The van der Waals surface area contributed by atoms with Gasteiger partial charge in [0.25, 0.3) is 0 Å². The molecule has 1 aliphatic heterocycles. The van der Waals surface area contributed by atoms with Gasteiger partial charge in [0.1, 0.15) is 11.4 Å². The van der Waals surface area contributed by atoms with Crippen LogP contribution in [0.1, 0.15) is 16.8 Å². The molecule has 0 saturated carbocycles. The molecule has 1 aromatic rings. The maximum atomic E-state index is 11.9. The normalized spacial score (nSPS) is 19.2.